The van der Waals surface area contributed by atoms with Gasteiger partial charge in [0.05, 0.1) is 0 Å². The summed E-state index contributed by atoms with van der Waals surface area (Å²) >= 11 is 0. The Morgan fingerprint density at radius 3 is 2.76 bits per heavy atom. The Hall–Kier alpha value is -1.31. The molecule has 1 amide bonds. The van der Waals surface area contributed by atoms with Gasteiger partial charge in [-0.05, 0) is 36.8 Å². The van der Waals surface area contributed by atoms with Crippen molar-refractivity contribution in [3.05, 3.63) is 35.4 Å². The quantitative estimate of drug-likeness (QED) is 0.728. The predicted octanol–water partition coefficient (Wildman–Crippen LogP) is 2.73. The van der Waals surface area contributed by atoms with Crippen molar-refractivity contribution in [1.29, 1.82) is 0 Å². The van der Waals surface area contributed by atoms with Crippen LogP contribution in [0.15, 0.2) is 24.3 Å². The smallest absolute Gasteiger partial charge is 0.221 e. The second-order valence-corrected chi connectivity index (χ2v) is 5.65. The first-order chi connectivity index (χ1) is 8.13. The Morgan fingerprint density at radius 2 is 2.06 bits per heavy atom. The molecular formula is C15H19NO. The average Bonchev–Trinajstić information content (AvgIpc) is 2.61. The molecule has 1 aliphatic heterocycles. The summed E-state index contributed by atoms with van der Waals surface area (Å²) in [5.41, 5.74) is 2.91. The summed E-state index contributed by atoms with van der Waals surface area (Å²) in [5, 5.41) is 3.09. The van der Waals surface area contributed by atoms with Crippen LogP contribution in [0.25, 0.3) is 0 Å². The van der Waals surface area contributed by atoms with Gasteiger partial charge in [-0.1, -0.05) is 31.2 Å². The van der Waals surface area contributed by atoms with E-state index in [1.807, 2.05) is 0 Å². The van der Waals surface area contributed by atoms with E-state index in [0.29, 0.717) is 12.3 Å². The zero-order valence-electron chi connectivity index (χ0n) is 10.5. The van der Waals surface area contributed by atoms with Gasteiger partial charge >= 0.3 is 0 Å². The van der Waals surface area contributed by atoms with Crippen molar-refractivity contribution in [1.82, 2.24) is 5.32 Å². The molecule has 1 aromatic carbocycles. The molecule has 0 radical (unpaired) electrons. The fourth-order valence-electron chi connectivity index (χ4n) is 3.65. The topological polar surface area (TPSA) is 29.1 Å². The number of fused-ring (bicyclic) bond motifs is 2. The summed E-state index contributed by atoms with van der Waals surface area (Å²) in [6, 6.07) is 8.94. The number of carbonyl (C=O) groups excluding carboxylic acids is 1. The Morgan fingerprint density at radius 1 is 1.29 bits per heavy atom. The van der Waals surface area contributed by atoms with Crippen molar-refractivity contribution in [3.8, 4) is 0 Å². The van der Waals surface area contributed by atoms with Crippen molar-refractivity contribution in [2.45, 2.75) is 50.5 Å². The molecule has 17 heavy (non-hydrogen) atoms. The molecular weight excluding hydrogens is 210 g/mol. The second kappa shape index (κ2) is 3.59. The largest absolute Gasteiger partial charge is 0.353 e. The monoisotopic (exact) mass is 229 g/mol. The van der Waals surface area contributed by atoms with Gasteiger partial charge < -0.3 is 5.32 Å². The molecule has 1 spiro atoms. The SMILES string of the molecule is CC1CCC2(CC(=O)NC2C)c2ccccc21. The third-order valence-corrected chi connectivity index (χ3v) is 4.73. The molecule has 1 saturated heterocycles. The molecule has 3 atom stereocenters. The molecule has 0 saturated carbocycles. The Kier molecular flexibility index (Phi) is 2.29. The standard InChI is InChI=1S/C15H19NO/c1-10-7-8-15(9-14(17)16-11(15)2)13-6-4-3-5-12(10)13/h3-6,10-11H,7-9H2,1-2H3,(H,16,17). The lowest BCUT2D eigenvalue weighted by Gasteiger charge is -2.40. The molecule has 2 heteroatoms. The van der Waals surface area contributed by atoms with Gasteiger partial charge in [0.25, 0.3) is 0 Å². The first-order valence-corrected chi connectivity index (χ1v) is 6.52. The van der Waals surface area contributed by atoms with Crippen LogP contribution in [0.2, 0.25) is 0 Å². The number of benzene rings is 1. The van der Waals surface area contributed by atoms with Crippen LogP contribution in [0.1, 0.15) is 50.2 Å². The van der Waals surface area contributed by atoms with Gasteiger partial charge in [0.15, 0.2) is 0 Å². The van der Waals surface area contributed by atoms with Crippen molar-refractivity contribution in [2.24, 2.45) is 0 Å². The molecule has 1 fully saturated rings. The number of carbonyl (C=O) groups is 1. The maximum atomic E-state index is 11.7. The van der Waals surface area contributed by atoms with Gasteiger partial charge in [-0.15, -0.1) is 0 Å². The van der Waals surface area contributed by atoms with E-state index in [1.54, 1.807) is 0 Å². The van der Waals surface area contributed by atoms with Crippen molar-refractivity contribution in [2.75, 3.05) is 0 Å². The third kappa shape index (κ3) is 1.43. The number of amides is 1. The molecule has 1 heterocycles. The minimum absolute atomic E-state index is 0.0557. The van der Waals surface area contributed by atoms with E-state index in [1.165, 1.54) is 17.5 Å². The van der Waals surface area contributed by atoms with E-state index in [0.717, 1.165) is 6.42 Å². The predicted molar refractivity (Wildman–Crippen MR) is 68.0 cm³/mol. The first-order valence-electron chi connectivity index (χ1n) is 6.52. The highest BCUT2D eigenvalue weighted by molar-refractivity contribution is 5.82. The van der Waals surface area contributed by atoms with Gasteiger partial charge in [-0.2, -0.15) is 0 Å². The van der Waals surface area contributed by atoms with Crippen LogP contribution in [-0.4, -0.2) is 11.9 Å². The maximum absolute atomic E-state index is 11.7. The lowest BCUT2D eigenvalue weighted by atomic mass is 9.63. The molecule has 90 valence electrons. The van der Waals surface area contributed by atoms with Crippen molar-refractivity contribution < 1.29 is 4.79 Å². The molecule has 1 N–H and O–H groups in total. The molecule has 1 aromatic rings. The Labute approximate surface area is 102 Å². The summed E-state index contributed by atoms with van der Waals surface area (Å²) in [6.07, 6.45) is 2.99. The number of hydrogen-bond donors (Lipinski definition) is 1. The zero-order chi connectivity index (χ0) is 12.0. The van der Waals surface area contributed by atoms with Crippen LogP contribution in [0, 0.1) is 0 Å². The fraction of sp³-hybridized carbons (Fsp3) is 0.533. The highest BCUT2D eigenvalue weighted by Gasteiger charge is 2.48. The molecule has 2 nitrogen and oxygen atoms in total. The third-order valence-electron chi connectivity index (χ3n) is 4.73. The van der Waals surface area contributed by atoms with Crippen LogP contribution in [0.3, 0.4) is 0 Å². The van der Waals surface area contributed by atoms with Crippen LogP contribution in [-0.2, 0) is 10.2 Å². The van der Waals surface area contributed by atoms with Gasteiger partial charge in [0, 0.05) is 17.9 Å². The number of nitrogens with one attached hydrogen (secondary N) is 1. The van der Waals surface area contributed by atoms with Crippen LogP contribution in [0.4, 0.5) is 0 Å². The molecule has 2 aliphatic rings. The summed E-state index contributed by atoms with van der Waals surface area (Å²) in [6.45, 7) is 4.44. The zero-order valence-corrected chi connectivity index (χ0v) is 10.5. The van der Waals surface area contributed by atoms with Crippen LogP contribution >= 0.6 is 0 Å². The van der Waals surface area contributed by atoms with Crippen LogP contribution < -0.4 is 5.32 Å². The van der Waals surface area contributed by atoms with Crippen LogP contribution in [0.5, 0.6) is 0 Å². The number of hydrogen-bond acceptors (Lipinski definition) is 1. The summed E-state index contributed by atoms with van der Waals surface area (Å²) < 4.78 is 0. The summed E-state index contributed by atoms with van der Waals surface area (Å²) in [7, 11) is 0. The van der Waals surface area contributed by atoms with Gasteiger partial charge in [-0.25, -0.2) is 0 Å². The fourth-order valence-corrected chi connectivity index (χ4v) is 3.65. The minimum atomic E-state index is 0.0557. The Bertz CT molecular complexity index is 468. The van der Waals surface area contributed by atoms with E-state index < -0.39 is 0 Å². The van der Waals surface area contributed by atoms with Crippen molar-refractivity contribution >= 4 is 5.91 Å². The highest BCUT2D eigenvalue weighted by atomic mass is 16.2. The highest BCUT2D eigenvalue weighted by Crippen LogP contribution is 2.48. The van der Waals surface area contributed by atoms with E-state index in [4.69, 9.17) is 0 Å². The lowest BCUT2D eigenvalue weighted by Crippen LogP contribution is -2.41. The maximum Gasteiger partial charge on any atom is 0.221 e. The molecule has 0 bridgehead atoms. The van der Waals surface area contributed by atoms with Gasteiger partial charge in [0.1, 0.15) is 0 Å². The normalized spacial score (nSPS) is 35.8. The van der Waals surface area contributed by atoms with E-state index in [-0.39, 0.29) is 17.4 Å². The van der Waals surface area contributed by atoms with Crippen molar-refractivity contribution in [3.63, 3.8) is 0 Å². The summed E-state index contributed by atoms with van der Waals surface area (Å²) in [4.78, 5) is 11.7. The number of rotatable bonds is 0. The minimum Gasteiger partial charge on any atom is -0.353 e. The first kappa shape index (κ1) is 10.8. The second-order valence-electron chi connectivity index (χ2n) is 5.65. The van der Waals surface area contributed by atoms with E-state index in [9.17, 15) is 4.79 Å². The van der Waals surface area contributed by atoms with E-state index >= 15 is 0 Å². The van der Waals surface area contributed by atoms with E-state index in [2.05, 4.69) is 43.4 Å². The molecule has 1 aliphatic carbocycles. The molecule has 3 unspecified atom stereocenters. The van der Waals surface area contributed by atoms with Gasteiger partial charge in [0.2, 0.25) is 5.91 Å². The molecule has 3 rings (SSSR count). The Balaban J connectivity index is 2.15. The van der Waals surface area contributed by atoms with Gasteiger partial charge in [-0.3, -0.25) is 4.79 Å². The lowest BCUT2D eigenvalue weighted by molar-refractivity contribution is -0.119. The average molecular weight is 229 g/mol. The summed E-state index contributed by atoms with van der Waals surface area (Å²) in [5.74, 6) is 0.835. The molecule has 0 aromatic heterocycles.